The summed E-state index contributed by atoms with van der Waals surface area (Å²) in [6, 6.07) is 7.01. The lowest BCUT2D eigenvalue weighted by molar-refractivity contribution is -0.131. The zero-order valence-electron chi connectivity index (χ0n) is 15.2. The van der Waals surface area contributed by atoms with Gasteiger partial charge in [-0.3, -0.25) is 9.59 Å². The fourth-order valence-corrected chi connectivity index (χ4v) is 4.59. The summed E-state index contributed by atoms with van der Waals surface area (Å²) in [5, 5.41) is 6.03. The van der Waals surface area contributed by atoms with Crippen LogP contribution in [0.1, 0.15) is 32.6 Å². The van der Waals surface area contributed by atoms with Gasteiger partial charge in [0, 0.05) is 30.9 Å². The van der Waals surface area contributed by atoms with E-state index in [4.69, 9.17) is 0 Å². The molecule has 3 atom stereocenters. The predicted octanol–water partition coefficient (Wildman–Crippen LogP) is 2.63. The molecule has 3 rings (SSSR count). The van der Waals surface area contributed by atoms with Crippen LogP contribution in [-0.2, 0) is 9.59 Å². The Morgan fingerprint density at radius 1 is 1.27 bits per heavy atom. The molecule has 1 aromatic carbocycles. The highest BCUT2D eigenvalue weighted by Crippen LogP contribution is 2.30. The number of nitrogens with one attached hydrogen (secondary N) is 2. The number of benzene rings is 1. The third-order valence-corrected chi connectivity index (χ3v) is 6.41. The van der Waals surface area contributed by atoms with Gasteiger partial charge in [-0.1, -0.05) is 0 Å². The number of carbonyl (C=O) groups excluding carboxylic acids is 2. The minimum atomic E-state index is -0.342. The summed E-state index contributed by atoms with van der Waals surface area (Å²) in [4.78, 5) is 26.6. The number of hydrogen-bond acceptors (Lipinski definition) is 4. The van der Waals surface area contributed by atoms with Crippen molar-refractivity contribution in [1.29, 1.82) is 0 Å². The van der Waals surface area contributed by atoms with E-state index in [1.807, 2.05) is 18.9 Å². The predicted molar refractivity (Wildman–Crippen MR) is 103 cm³/mol. The van der Waals surface area contributed by atoms with Gasteiger partial charge in [-0.2, -0.15) is 0 Å². The Bertz CT molecular complexity index is 643. The highest BCUT2D eigenvalue weighted by Gasteiger charge is 2.37. The van der Waals surface area contributed by atoms with Gasteiger partial charge in [0.15, 0.2) is 0 Å². The van der Waals surface area contributed by atoms with E-state index in [1.165, 1.54) is 48.9 Å². The maximum absolute atomic E-state index is 12.9. The quantitative estimate of drug-likeness (QED) is 0.798. The molecule has 5 nitrogen and oxygen atoms in total. The fourth-order valence-electron chi connectivity index (χ4n) is 3.81. The van der Waals surface area contributed by atoms with Crippen molar-refractivity contribution in [1.82, 2.24) is 10.2 Å². The van der Waals surface area contributed by atoms with Crippen LogP contribution in [0.2, 0.25) is 0 Å². The van der Waals surface area contributed by atoms with Crippen LogP contribution in [0.3, 0.4) is 0 Å². The van der Waals surface area contributed by atoms with E-state index in [9.17, 15) is 14.0 Å². The van der Waals surface area contributed by atoms with Crippen LogP contribution in [0.15, 0.2) is 24.3 Å². The lowest BCUT2D eigenvalue weighted by Gasteiger charge is -2.36. The molecule has 1 aromatic rings. The van der Waals surface area contributed by atoms with E-state index >= 15 is 0 Å². The Kier molecular flexibility index (Phi) is 6.19. The Morgan fingerprint density at radius 2 is 1.88 bits per heavy atom. The van der Waals surface area contributed by atoms with Crippen LogP contribution in [0.5, 0.6) is 0 Å². The first-order valence-corrected chi connectivity index (χ1v) is 10.2. The molecule has 0 aliphatic carbocycles. The van der Waals surface area contributed by atoms with Crippen LogP contribution in [-0.4, -0.2) is 52.9 Å². The second-order valence-electron chi connectivity index (χ2n) is 7.22. The molecule has 0 radical (unpaired) electrons. The van der Waals surface area contributed by atoms with Crippen molar-refractivity contribution in [2.45, 2.75) is 56.0 Å². The van der Waals surface area contributed by atoms with Crippen molar-refractivity contribution in [2.75, 3.05) is 18.1 Å². The summed E-state index contributed by atoms with van der Waals surface area (Å²) in [5.74, 6) is -0.263. The third kappa shape index (κ3) is 4.76. The van der Waals surface area contributed by atoms with Gasteiger partial charge in [0.2, 0.25) is 11.8 Å². The molecule has 2 aliphatic heterocycles. The molecule has 142 valence electrons. The van der Waals surface area contributed by atoms with E-state index < -0.39 is 0 Å². The van der Waals surface area contributed by atoms with Gasteiger partial charge < -0.3 is 15.5 Å². The van der Waals surface area contributed by atoms with E-state index in [0.717, 1.165) is 12.8 Å². The number of amides is 2. The van der Waals surface area contributed by atoms with Crippen molar-refractivity contribution in [2.24, 2.45) is 0 Å². The Labute approximate surface area is 158 Å². The zero-order chi connectivity index (χ0) is 18.7. The number of rotatable bonds is 6. The number of thioether (sulfide) groups is 1. The monoisotopic (exact) mass is 379 g/mol. The van der Waals surface area contributed by atoms with Crippen LogP contribution in [0.4, 0.5) is 10.1 Å². The Morgan fingerprint density at radius 3 is 2.50 bits per heavy atom. The van der Waals surface area contributed by atoms with Crippen LogP contribution in [0, 0.1) is 5.82 Å². The highest BCUT2D eigenvalue weighted by atomic mass is 32.2. The number of piperidine rings is 1. The van der Waals surface area contributed by atoms with Crippen molar-refractivity contribution >= 4 is 29.3 Å². The first kappa shape index (κ1) is 19.2. The second-order valence-corrected chi connectivity index (χ2v) is 8.55. The van der Waals surface area contributed by atoms with Gasteiger partial charge in [0.05, 0.1) is 11.0 Å². The Hall–Kier alpha value is -1.60. The molecular formula is C19H26FN3O2S. The first-order chi connectivity index (χ1) is 12.4. The Balaban J connectivity index is 1.44. The average molecular weight is 380 g/mol. The molecule has 3 unspecified atom stereocenters. The maximum atomic E-state index is 12.9. The standard InChI is InChI=1S/C19H26FN3O2S/c1-12(26-11-18(24)22-14-5-3-13(20)4-6-14)19(25)23(2)17-9-15-7-8-16(10-17)21-15/h3-6,12,15-17,21H,7-11H2,1-2H3,(H,22,24). The molecular weight excluding hydrogens is 353 g/mol. The smallest absolute Gasteiger partial charge is 0.235 e. The number of hydrogen-bond donors (Lipinski definition) is 2. The summed E-state index contributed by atoms with van der Waals surface area (Å²) in [6.45, 7) is 1.85. The van der Waals surface area contributed by atoms with E-state index in [2.05, 4.69) is 10.6 Å². The first-order valence-electron chi connectivity index (χ1n) is 9.12. The minimum absolute atomic E-state index is 0.0795. The molecule has 0 spiro atoms. The lowest BCUT2D eigenvalue weighted by atomic mass is 9.98. The van der Waals surface area contributed by atoms with Crippen molar-refractivity contribution in [3.05, 3.63) is 30.1 Å². The lowest BCUT2D eigenvalue weighted by Crippen LogP contribution is -2.50. The van der Waals surface area contributed by atoms with Gasteiger partial charge in [0.1, 0.15) is 5.82 Å². The largest absolute Gasteiger partial charge is 0.342 e. The van der Waals surface area contributed by atoms with E-state index in [-0.39, 0.29) is 34.7 Å². The molecule has 2 heterocycles. The van der Waals surface area contributed by atoms with Crippen molar-refractivity contribution in [3.8, 4) is 0 Å². The van der Waals surface area contributed by atoms with Gasteiger partial charge in [0.25, 0.3) is 0 Å². The molecule has 0 saturated carbocycles. The average Bonchev–Trinajstić information content (AvgIpc) is 2.98. The SMILES string of the molecule is CC(SCC(=O)Nc1ccc(F)cc1)C(=O)N(C)C1CC2CCC(C1)N2. The summed E-state index contributed by atoms with van der Waals surface area (Å²) in [5.41, 5.74) is 0.554. The van der Waals surface area contributed by atoms with Crippen LogP contribution in [0.25, 0.3) is 0 Å². The number of anilines is 1. The summed E-state index contributed by atoms with van der Waals surface area (Å²) < 4.78 is 12.9. The normalized spacial score (nSPS) is 25.6. The number of fused-ring (bicyclic) bond motifs is 2. The van der Waals surface area contributed by atoms with Crippen molar-refractivity contribution in [3.63, 3.8) is 0 Å². The molecule has 2 amide bonds. The molecule has 2 aliphatic rings. The summed E-state index contributed by atoms with van der Waals surface area (Å²) in [7, 11) is 1.88. The van der Waals surface area contributed by atoms with Gasteiger partial charge in [-0.25, -0.2) is 4.39 Å². The molecule has 7 heteroatoms. The van der Waals surface area contributed by atoms with Gasteiger partial charge >= 0.3 is 0 Å². The number of halogens is 1. The van der Waals surface area contributed by atoms with Crippen molar-refractivity contribution < 1.29 is 14.0 Å². The molecule has 2 fully saturated rings. The zero-order valence-corrected chi connectivity index (χ0v) is 16.0. The summed E-state index contributed by atoms with van der Waals surface area (Å²) in [6.07, 6.45) is 4.44. The number of carbonyl (C=O) groups is 2. The maximum Gasteiger partial charge on any atom is 0.235 e. The molecule has 0 aromatic heterocycles. The van der Waals surface area contributed by atoms with Crippen LogP contribution < -0.4 is 10.6 Å². The van der Waals surface area contributed by atoms with E-state index in [1.54, 1.807) is 0 Å². The number of nitrogens with zero attached hydrogens (tertiary/aromatic N) is 1. The molecule has 2 bridgehead atoms. The topological polar surface area (TPSA) is 61.4 Å². The molecule has 26 heavy (non-hydrogen) atoms. The third-order valence-electron chi connectivity index (χ3n) is 5.28. The van der Waals surface area contributed by atoms with E-state index in [0.29, 0.717) is 17.8 Å². The van der Waals surface area contributed by atoms with Crippen LogP contribution >= 0.6 is 11.8 Å². The minimum Gasteiger partial charge on any atom is -0.342 e. The highest BCUT2D eigenvalue weighted by molar-refractivity contribution is 8.01. The van der Waals surface area contributed by atoms with Gasteiger partial charge in [-0.05, 0) is 56.9 Å². The second kappa shape index (κ2) is 8.39. The van der Waals surface area contributed by atoms with Gasteiger partial charge in [-0.15, -0.1) is 11.8 Å². The molecule has 2 saturated heterocycles. The molecule has 2 N–H and O–H groups in total. The fraction of sp³-hybridized carbons (Fsp3) is 0.579. The summed E-state index contributed by atoms with van der Waals surface area (Å²) >= 11 is 1.33.